The van der Waals surface area contributed by atoms with E-state index < -0.39 is 17.5 Å². The number of hydrogen-bond donors (Lipinski definition) is 0. The molecule has 3 aromatic rings. The maximum Gasteiger partial charge on any atom is 0.416 e. The Labute approximate surface area is 143 Å². The minimum absolute atomic E-state index is 0.00483. The van der Waals surface area contributed by atoms with Crippen molar-refractivity contribution in [3.8, 4) is 9.88 Å². The first-order valence-electron chi connectivity index (χ1n) is 6.82. The number of ketones is 1. The molecule has 7 heteroatoms. The Hall–Kier alpha value is -2.25. The molecule has 24 heavy (non-hydrogen) atoms. The standard InChI is InChI=1S/C17H10F3NOS2/c18-17(19,20)12-4-1-3-11(9-12)14(22)7-6-13-10-24-16(21-13)15-5-2-8-23-15/h1-10H/b7-6+. The number of allylic oxidation sites excluding steroid dienone is 1. The van der Waals surface area contributed by atoms with Gasteiger partial charge >= 0.3 is 6.18 Å². The van der Waals surface area contributed by atoms with E-state index in [-0.39, 0.29) is 5.56 Å². The molecule has 0 atom stereocenters. The van der Waals surface area contributed by atoms with E-state index in [0.717, 1.165) is 22.0 Å². The molecular formula is C17H10F3NOS2. The van der Waals surface area contributed by atoms with Crippen molar-refractivity contribution >= 4 is 34.5 Å². The number of halogens is 3. The molecule has 0 N–H and O–H groups in total. The van der Waals surface area contributed by atoms with Crippen molar-refractivity contribution in [2.75, 3.05) is 0 Å². The Bertz CT molecular complexity index is 879. The molecule has 0 aliphatic carbocycles. The van der Waals surface area contributed by atoms with Gasteiger partial charge in [0.15, 0.2) is 5.78 Å². The summed E-state index contributed by atoms with van der Waals surface area (Å²) in [5.41, 5.74) is -0.242. The lowest BCUT2D eigenvalue weighted by molar-refractivity contribution is -0.137. The summed E-state index contributed by atoms with van der Waals surface area (Å²) in [5, 5.41) is 4.59. The third-order valence-corrected chi connectivity index (χ3v) is 5.03. The fraction of sp³-hybridized carbons (Fsp3) is 0.0588. The molecular weight excluding hydrogens is 355 g/mol. The van der Waals surface area contributed by atoms with Crippen LogP contribution in [-0.2, 0) is 6.18 Å². The number of carbonyl (C=O) groups is 1. The van der Waals surface area contributed by atoms with Crippen LogP contribution in [-0.4, -0.2) is 10.8 Å². The van der Waals surface area contributed by atoms with Crippen molar-refractivity contribution in [1.29, 1.82) is 0 Å². The van der Waals surface area contributed by atoms with Gasteiger partial charge in [0, 0.05) is 10.9 Å². The van der Waals surface area contributed by atoms with E-state index in [1.165, 1.54) is 35.6 Å². The van der Waals surface area contributed by atoms with Crippen LogP contribution in [0.4, 0.5) is 13.2 Å². The van der Waals surface area contributed by atoms with Crippen molar-refractivity contribution in [3.05, 3.63) is 70.1 Å². The zero-order chi connectivity index (χ0) is 17.2. The van der Waals surface area contributed by atoms with Crippen LogP contribution in [0.25, 0.3) is 16.0 Å². The fourth-order valence-electron chi connectivity index (χ4n) is 1.98. The number of rotatable bonds is 4. The Morgan fingerprint density at radius 1 is 1.12 bits per heavy atom. The predicted octanol–water partition coefficient (Wildman–Crippen LogP) is 5.79. The zero-order valence-corrected chi connectivity index (χ0v) is 13.7. The summed E-state index contributed by atoms with van der Waals surface area (Å²) in [6.45, 7) is 0. The molecule has 2 aromatic heterocycles. The normalized spacial score (nSPS) is 12.0. The lowest BCUT2D eigenvalue weighted by Crippen LogP contribution is -2.06. The molecule has 1 aromatic carbocycles. The number of hydrogen-bond acceptors (Lipinski definition) is 4. The smallest absolute Gasteiger partial charge is 0.289 e. The molecule has 0 saturated heterocycles. The second-order valence-electron chi connectivity index (χ2n) is 4.83. The molecule has 0 amide bonds. The average Bonchev–Trinajstić information content (AvgIpc) is 3.23. The van der Waals surface area contributed by atoms with Crippen LogP contribution in [0.3, 0.4) is 0 Å². The quantitative estimate of drug-likeness (QED) is 0.433. The summed E-state index contributed by atoms with van der Waals surface area (Å²) in [6.07, 6.45) is -1.72. The first-order valence-corrected chi connectivity index (χ1v) is 8.58. The van der Waals surface area contributed by atoms with Crippen molar-refractivity contribution in [2.45, 2.75) is 6.18 Å². The van der Waals surface area contributed by atoms with E-state index in [9.17, 15) is 18.0 Å². The minimum Gasteiger partial charge on any atom is -0.289 e. The van der Waals surface area contributed by atoms with E-state index >= 15 is 0 Å². The van der Waals surface area contributed by atoms with Crippen LogP contribution in [0.15, 0.2) is 53.2 Å². The van der Waals surface area contributed by atoms with Crippen LogP contribution in [0.1, 0.15) is 21.6 Å². The lowest BCUT2D eigenvalue weighted by Gasteiger charge is -2.06. The zero-order valence-electron chi connectivity index (χ0n) is 12.1. The molecule has 0 bridgehead atoms. The monoisotopic (exact) mass is 365 g/mol. The molecule has 2 heterocycles. The lowest BCUT2D eigenvalue weighted by atomic mass is 10.1. The molecule has 0 fully saturated rings. The Kier molecular flexibility index (Phi) is 4.64. The number of thiazole rings is 1. The van der Waals surface area contributed by atoms with Gasteiger partial charge in [-0.25, -0.2) is 4.98 Å². The van der Waals surface area contributed by atoms with Crippen LogP contribution in [0.5, 0.6) is 0 Å². The summed E-state index contributed by atoms with van der Waals surface area (Å²) < 4.78 is 38.0. The largest absolute Gasteiger partial charge is 0.416 e. The number of nitrogens with zero attached hydrogens (tertiary/aromatic N) is 1. The van der Waals surface area contributed by atoms with Crippen molar-refractivity contribution in [2.24, 2.45) is 0 Å². The van der Waals surface area contributed by atoms with E-state index in [1.54, 1.807) is 16.7 Å². The second-order valence-corrected chi connectivity index (χ2v) is 6.64. The summed E-state index contributed by atoms with van der Waals surface area (Å²) in [7, 11) is 0. The third-order valence-electron chi connectivity index (χ3n) is 3.13. The topological polar surface area (TPSA) is 30.0 Å². The van der Waals surface area contributed by atoms with Gasteiger partial charge in [-0.1, -0.05) is 18.2 Å². The van der Waals surface area contributed by atoms with E-state index in [1.807, 2.05) is 17.5 Å². The summed E-state index contributed by atoms with van der Waals surface area (Å²) in [6, 6.07) is 8.25. The molecule has 0 saturated carbocycles. The van der Waals surface area contributed by atoms with E-state index in [2.05, 4.69) is 4.98 Å². The van der Waals surface area contributed by atoms with Gasteiger partial charge in [0.2, 0.25) is 0 Å². The average molecular weight is 365 g/mol. The van der Waals surface area contributed by atoms with Gasteiger partial charge in [-0.3, -0.25) is 4.79 Å². The summed E-state index contributed by atoms with van der Waals surface area (Å²) >= 11 is 3.01. The van der Waals surface area contributed by atoms with Gasteiger partial charge in [-0.2, -0.15) is 13.2 Å². The van der Waals surface area contributed by atoms with Gasteiger partial charge in [0.05, 0.1) is 16.1 Å². The molecule has 0 unspecified atom stereocenters. The Balaban J connectivity index is 1.76. The van der Waals surface area contributed by atoms with Gasteiger partial charge in [-0.15, -0.1) is 22.7 Å². The molecule has 122 valence electrons. The maximum atomic E-state index is 12.7. The van der Waals surface area contributed by atoms with Gasteiger partial charge in [0.25, 0.3) is 0 Å². The van der Waals surface area contributed by atoms with Crippen LogP contribution >= 0.6 is 22.7 Å². The highest BCUT2D eigenvalue weighted by molar-refractivity contribution is 7.20. The second kappa shape index (κ2) is 6.70. The highest BCUT2D eigenvalue weighted by Crippen LogP contribution is 2.30. The van der Waals surface area contributed by atoms with E-state index in [0.29, 0.717) is 5.69 Å². The number of benzene rings is 1. The first kappa shape index (κ1) is 16.6. The SMILES string of the molecule is O=C(/C=C/c1csc(-c2cccs2)n1)c1cccc(C(F)(F)F)c1. The molecule has 0 radical (unpaired) electrons. The van der Waals surface area contributed by atoms with Crippen LogP contribution in [0.2, 0.25) is 0 Å². The van der Waals surface area contributed by atoms with Gasteiger partial charge in [-0.05, 0) is 35.7 Å². The number of aromatic nitrogens is 1. The molecule has 3 rings (SSSR count). The number of alkyl halides is 3. The molecule has 2 nitrogen and oxygen atoms in total. The predicted molar refractivity (Wildman–Crippen MR) is 90.2 cm³/mol. The minimum atomic E-state index is -4.47. The van der Waals surface area contributed by atoms with E-state index in [4.69, 9.17) is 0 Å². The Morgan fingerprint density at radius 3 is 2.67 bits per heavy atom. The number of thiophene rings is 1. The van der Waals surface area contributed by atoms with Crippen molar-refractivity contribution < 1.29 is 18.0 Å². The molecule has 0 spiro atoms. The van der Waals surface area contributed by atoms with Crippen LogP contribution in [0, 0.1) is 0 Å². The Morgan fingerprint density at radius 2 is 1.96 bits per heavy atom. The number of carbonyl (C=O) groups excluding carboxylic acids is 1. The highest BCUT2D eigenvalue weighted by Gasteiger charge is 2.30. The van der Waals surface area contributed by atoms with Gasteiger partial charge < -0.3 is 0 Å². The summed E-state index contributed by atoms with van der Waals surface area (Å²) in [4.78, 5) is 17.5. The van der Waals surface area contributed by atoms with Crippen LogP contribution < -0.4 is 0 Å². The first-order chi connectivity index (χ1) is 11.4. The highest BCUT2D eigenvalue weighted by atomic mass is 32.1. The fourth-order valence-corrected chi connectivity index (χ4v) is 3.58. The van der Waals surface area contributed by atoms with Crippen molar-refractivity contribution in [1.82, 2.24) is 4.98 Å². The third kappa shape index (κ3) is 3.80. The van der Waals surface area contributed by atoms with Crippen molar-refractivity contribution in [3.63, 3.8) is 0 Å². The maximum absolute atomic E-state index is 12.7. The van der Waals surface area contributed by atoms with Gasteiger partial charge in [0.1, 0.15) is 5.01 Å². The molecule has 0 aliphatic heterocycles. The summed E-state index contributed by atoms with van der Waals surface area (Å²) in [5.74, 6) is -0.494. The molecule has 0 aliphatic rings.